The third-order valence-electron chi connectivity index (χ3n) is 3.11. The summed E-state index contributed by atoms with van der Waals surface area (Å²) >= 11 is 0. The summed E-state index contributed by atoms with van der Waals surface area (Å²) in [6.45, 7) is 9.06. The Hall–Kier alpha value is -0.300. The van der Waals surface area contributed by atoms with Gasteiger partial charge < -0.3 is 5.32 Å². The second-order valence-electron chi connectivity index (χ2n) is 4.94. The number of rotatable bonds is 5. The zero-order valence-corrected chi connectivity index (χ0v) is 10.1. The molecule has 82 valence electrons. The van der Waals surface area contributed by atoms with E-state index in [0.717, 1.165) is 17.9 Å². The van der Waals surface area contributed by atoms with Gasteiger partial charge in [-0.2, -0.15) is 0 Å². The Balaban J connectivity index is 2.33. The molecule has 1 nitrogen and oxygen atoms in total. The van der Waals surface area contributed by atoms with Crippen LogP contribution in [-0.2, 0) is 0 Å². The van der Waals surface area contributed by atoms with Crippen molar-refractivity contribution >= 4 is 0 Å². The van der Waals surface area contributed by atoms with E-state index in [1.165, 1.54) is 19.3 Å². The van der Waals surface area contributed by atoms with Gasteiger partial charge in [-0.3, -0.25) is 0 Å². The smallest absolute Gasteiger partial charge is 0.0137 e. The summed E-state index contributed by atoms with van der Waals surface area (Å²) < 4.78 is 0. The molecular weight excluding hydrogens is 170 g/mol. The SMILES string of the molecule is CCCC=CC1C(C)CC1NC(C)C. The lowest BCUT2D eigenvalue weighted by Crippen LogP contribution is -2.50. The van der Waals surface area contributed by atoms with Crippen LogP contribution in [-0.4, -0.2) is 12.1 Å². The molecular formula is C13H25N. The molecule has 0 heterocycles. The molecule has 0 aromatic rings. The fourth-order valence-corrected chi connectivity index (χ4v) is 2.27. The molecule has 14 heavy (non-hydrogen) atoms. The first-order valence-corrected chi connectivity index (χ1v) is 6.07. The molecule has 1 aliphatic rings. The van der Waals surface area contributed by atoms with E-state index in [4.69, 9.17) is 0 Å². The van der Waals surface area contributed by atoms with Gasteiger partial charge in [0.15, 0.2) is 0 Å². The maximum atomic E-state index is 3.64. The molecule has 3 unspecified atom stereocenters. The summed E-state index contributed by atoms with van der Waals surface area (Å²) in [6, 6.07) is 1.35. The van der Waals surface area contributed by atoms with Crippen LogP contribution in [0.15, 0.2) is 12.2 Å². The van der Waals surface area contributed by atoms with Gasteiger partial charge in [0.2, 0.25) is 0 Å². The number of hydrogen-bond acceptors (Lipinski definition) is 1. The first-order valence-electron chi connectivity index (χ1n) is 6.07. The van der Waals surface area contributed by atoms with E-state index in [1.807, 2.05) is 0 Å². The van der Waals surface area contributed by atoms with Crippen LogP contribution < -0.4 is 5.32 Å². The monoisotopic (exact) mass is 195 g/mol. The first kappa shape index (κ1) is 11.8. The molecule has 1 rings (SSSR count). The highest BCUT2D eigenvalue weighted by molar-refractivity contribution is 5.04. The molecule has 1 aliphatic carbocycles. The normalized spacial score (nSPS) is 32.5. The van der Waals surface area contributed by atoms with Crippen LogP contribution in [0, 0.1) is 11.8 Å². The molecule has 0 spiro atoms. The highest BCUT2D eigenvalue weighted by Gasteiger charge is 2.35. The molecule has 0 bridgehead atoms. The number of allylic oxidation sites excluding steroid dienone is 1. The molecule has 0 aliphatic heterocycles. The molecule has 0 radical (unpaired) electrons. The van der Waals surface area contributed by atoms with Crippen molar-refractivity contribution in [3.63, 3.8) is 0 Å². The van der Waals surface area contributed by atoms with Gasteiger partial charge in [0.05, 0.1) is 0 Å². The Morgan fingerprint density at radius 2 is 2.14 bits per heavy atom. The summed E-state index contributed by atoms with van der Waals surface area (Å²) in [4.78, 5) is 0. The van der Waals surface area contributed by atoms with E-state index in [-0.39, 0.29) is 0 Å². The number of unbranched alkanes of at least 4 members (excludes halogenated alkanes) is 1. The molecule has 1 fully saturated rings. The van der Waals surface area contributed by atoms with Crippen molar-refractivity contribution < 1.29 is 0 Å². The fourth-order valence-electron chi connectivity index (χ4n) is 2.27. The van der Waals surface area contributed by atoms with Gasteiger partial charge in [0.1, 0.15) is 0 Å². The molecule has 3 atom stereocenters. The molecule has 1 N–H and O–H groups in total. The Morgan fingerprint density at radius 3 is 2.64 bits per heavy atom. The largest absolute Gasteiger partial charge is 0.311 e. The van der Waals surface area contributed by atoms with Gasteiger partial charge in [0, 0.05) is 12.1 Å². The van der Waals surface area contributed by atoms with E-state index in [0.29, 0.717) is 6.04 Å². The summed E-state index contributed by atoms with van der Waals surface area (Å²) in [5, 5.41) is 3.64. The molecule has 1 heteroatoms. The van der Waals surface area contributed by atoms with Crippen LogP contribution >= 0.6 is 0 Å². The van der Waals surface area contributed by atoms with Crippen molar-refractivity contribution in [2.24, 2.45) is 11.8 Å². The predicted octanol–water partition coefficient (Wildman–Crippen LogP) is 3.37. The molecule has 1 saturated carbocycles. The second-order valence-corrected chi connectivity index (χ2v) is 4.94. The maximum absolute atomic E-state index is 3.64. The van der Waals surface area contributed by atoms with E-state index in [2.05, 4.69) is 45.2 Å². The quantitative estimate of drug-likeness (QED) is 0.663. The first-order chi connectivity index (χ1) is 6.65. The van der Waals surface area contributed by atoms with E-state index in [9.17, 15) is 0 Å². The third-order valence-corrected chi connectivity index (χ3v) is 3.11. The summed E-state index contributed by atoms with van der Waals surface area (Å²) in [6.07, 6.45) is 8.63. The predicted molar refractivity (Wildman–Crippen MR) is 63.4 cm³/mol. The van der Waals surface area contributed by atoms with E-state index < -0.39 is 0 Å². The van der Waals surface area contributed by atoms with Gasteiger partial charge >= 0.3 is 0 Å². The average Bonchev–Trinajstić information content (AvgIpc) is 2.11. The van der Waals surface area contributed by atoms with Crippen molar-refractivity contribution in [3.05, 3.63) is 12.2 Å². The zero-order valence-electron chi connectivity index (χ0n) is 10.1. The van der Waals surface area contributed by atoms with Crippen molar-refractivity contribution in [1.29, 1.82) is 0 Å². The minimum atomic E-state index is 0.620. The van der Waals surface area contributed by atoms with Crippen LogP contribution in [0.1, 0.15) is 47.0 Å². The topological polar surface area (TPSA) is 12.0 Å². The van der Waals surface area contributed by atoms with Crippen LogP contribution in [0.2, 0.25) is 0 Å². The molecule has 0 amide bonds. The van der Waals surface area contributed by atoms with E-state index in [1.54, 1.807) is 0 Å². The van der Waals surface area contributed by atoms with E-state index >= 15 is 0 Å². The number of hydrogen-bond donors (Lipinski definition) is 1. The van der Waals surface area contributed by atoms with Gasteiger partial charge in [-0.15, -0.1) is 0 Å². The highest BCUT2D eigenvalue weighted by atomic mass is 15.0. The number of nitrogens with one attached hydrogen (secondary N) is 1. The molecule has 0 aromatic carbocycles. The second kappa shape index (κ2) is 5.55. The third kappa shape index (κ3) is 3.13. The lowest BCUT2D eigenvalue weighted by molar-refractivity contribution is 0.155. The Kier molecular flexibility index (Phi) is 4.67. The van der Waals surface area contributed by atoms with Crippen LogP contribution in [0.5, 0.6) is 0 Å². The maximum Gasteiger partial charge on any atom is 0.0137 e. The minimum absolute atomic E-state index is 0.620. The Morgan fingerprint density at radius 1 is 1.43 bits per heavy atom. The van der Waals surface area contributed by atoms with Crippen LogP contribution in [0.4, 0.5) is 0 Å². The highest BCUT2D eigenvalue weighted by Crippen LogP contribution is 2.35. The lowest BCUT2D eigenvalue weighted by Gasteiger charge is -2.43. The zero-order chi connectivity index (χ0) is 10.6. The standard InChI is InChI=1S/C13H25N/c1-5-6-7-8-12-11(4)9-13(12)14-10(2)3/h7-8,10-14H,5-6,9H2,1-4H3. The van der Waals surface area contributed by atoms with Crippen molar-refractivity contribution in [3.8, 4) is 0 Å². The van der Waals surface area contributed by atoms with Crippen molar-refractivity contribution in [1.82, 2.24) is 5.32 Å². The van der Waals surface area contributed by atoms with Gasteiger partial charge in [-0.1, -0.05) is 46.3 Å². The summed E-state index contributed by atoms with van der Waals surface area (Å²) in [7, 11) is 0. The average molecular weight is 195 g/mol. The summed E-state index contributed by atoms with van der Waals surface area (Å²) in [5.74, 6) is 1.66. The fraction of sp³-hybridized carbons (Fsp3) is 0.846. The Bertz CT molecular complexity index is 184. The van der Waals surface area contributed by atoms with Crippen molar-refractivity contribution in [2.45, 2.75) is 59.0 Å². The summed E-state index contributed by atoms with van der Waals surface area (Å²) in [5.41, 5.74) is 0. The van der Waals surface area contributed by atoms with Crippen LogP contribution in [0.3, 0.4) is 0 Å². The van der Waals surface area contributed by atoms with Crippen LogP contribution in [0.25, 0.3) is 0 Å². The minimum Gasteiger partial charge on any atom is -0.311 e. The molecule has 0 aromatic heterocycles. The molecule has 0 saturated heterocycles. The van der Waals surface area contributed by atoms with Gasteiger partial charge in [0.25, 0.3) is 0 Å². The Labute approximate surface area is 89.0 Å². The lowest BCUT2D eigenvalue weighted by atomic mass is 9.70. The van der Waals surface area contributed by atoms with Gasteiger partial charge in [-0.05, 0) is 24.7 Å². The van der Waals surface area contributed by atoms with Gasteiger partial charge in [-0.25, -0.2) is 0 Å². The van der Waals surface area contributed by atoms with Crippen molar-refractivity contribution in [2.75, 3.05) is 0 Å².